The molecule has 0 fully saturated rings. The van der Waals surface area contributed by atoms with Crippen LogP contribution in [0.4, 0.5) is 5.69 Å². The van der Waals surface area contributed by atoms with Gasteiger partial charge in [-0.05, 0) is 24.3 Å². The summed E-state index contributed by atoms with van der Waals surface area (Å²) in [5.74, 6) is 0.945. The number of carbonyl (C=O) groups is 1. The first kappa shape index (κ1) is 12.5. The highest BCUT2D eigenvalue weighted by atomic mass is 16.5. The molecule has 1 aliphatic heterocycles. The van der Waals surface area contributed by atoms with E-state index in [-0.39, 0.29) is 5.78 Å². The van der Waals surface area contributed by atoms with Crippen molar-refractivity contribution < 1.29 is 9.53 Å². The molecule has 0 saturated carbocycles. The fourth-order valence-electron chi connectivity index (χ4n) is 2.29. The number of ketones is 1. The molecule has 0 aromatic heterocycles. The van der Waals surface area contributed by atoms with Crippen LogP contribution in [-0.4, -0.2) is 19.9 Å². The highest BCUT2D eigenvalue weighted by molar-refractivity contribution is 6.14. The van der Waals surface area contributed by atoms with Gasteiger partial charge in [-0.2, -0.15) is 0 Å². The Labute approximate surface area is 118 Å². The van der Waals surface area contributed by atoms with Crippen molar-refractivity contribution in [3.8, 4) is 5.75 Å². The van der Waals surface area contributed by atoms with Crippen LogP contribution in [0.25, 0.3) is 6.08 Å². The van der Waals surface area contributed by atoms with Crippen molar-refractivity contribution in [2.24, 2.45) is 0 Å². The second-order valence-corrected chi connectivity index (χ2v) is 4.89. The molecule has 0 aliphatic carbocycles. The highest BCUT2D eigenvalue weighted by Crippen LogP contribution is 2.32. The normalized spacial score (nSPS) is 15.1. The number of Topliss-reactive ketones (excluding diaryl/α,β-unsaturated/α-hetero) is 1. The van der Waals surface area contributed by atoms with Crippen LogP contribution < -0.4 is 9.64 Å². The molecule has 0 amide bonds. The average molecular weight is 265 g/mol. The van der Waals surface area contributed by atoms with E-state index >= 15 is 0 Å². The first-order valence-corrected chi connectivity index (χ1v) is 6.46. The van der Waals surface area contributed by atoms with Gasteiger partial charge in [0.25, 0.3) is 0 Å². The molecule has 3 heteroatoms. The Bertz CT molecular complexity index is 702. The van der Waals surface area contributed by atoms with Gasteiger partial charge in [0.05, 0.1) is 5.56 Å². The van der Waals surface area contributed by atoms with Crippen LogP contribution in [0.2, 0.25) is 0 Å². The molecule has 0 saturated heterocycles. The molecule has 2 aromatic rings. The van der Waals surface area contributed by atoms with Crippen molar-refractivity contribution in [1.29, 1.82) is 0 Å². The van der Waals surface area contributed by atoms with Crippen LogP contribution in [0.3, 0.4) is 0 Å². The second kappa shape index (κ2) is 4.85. The summed E-state index contributed by atoms with van der Waals surface area (Å²) < 4.78 is 5.65. The monoisotopic (exact) mass is 265 g/mol. The zero-order chi connectivity index (χ0) is 14.1. The topological polar surface area (TPSA) is 29.5 Å². The van der Waals surface area contributed by atoms with Crippen LogP contribution in [0.1, 0.15) is 15.9 Å². The number of hydrogen-bond donors (Lipinski definition) is 0. The Balaban J connectivity index is 2.02. The van der Waals surface area contributed by atoms with Gasteiger partial charge in [0, 0.05) is 25.3 Å². The summed E-state index contributed by atoms with van der Waals surface area (Å²) in [6, 6.07) is 15.2. The molecule has 0 spiro atoms. The Hall–Kier alpha value is -2.55. The van der Waals surface area contributed by atoms with Gasteiger partial charge in [0.15, 0.2) is 5.76 Å². The third-order valence-electron chi connectivity index (χ3n) is 3.28. The van der Waals surface area contributed by atoms with E-state index in [0.29, 0.717) is 17.1 Å². The first-order chi connectivity index (χ1) is 9.66. The molecular formula is C17H15NO2. The Morgan fingerprint density at radius 2 is 1.70 bits per heavy atom. The molecule has 2 aromatic carbocycles. The van der Waals surface area contributed by atoms with E-state index in [2.05, 4.69) is 0 Å². The largest absolute Gasteiger partial charge is 0.452 e. The lowest BCUT2D eigenvalue weighted by Crippen LogP contribution is -2.10. The van der Waals surface area contributed by atoms with Crippen LogP contribution in [-0.2, 0) is 0 Å². The molecule has 1 heterocycles. The quantitative estimate of drug-likeness (QED) is 0.780. The second-order valence-electron chi connectivity index (χ2n) is 4.89. The summed E-state index contributed by atoms with van der Waals surface area (Å²) in [4.78, 5) is 14.3. The lowest BCUT2D eigenvalue weighted by atomic mass is 10.1. The zero-order valence-electron chi connectivity index (χ0n) is 11.5. The predicted octanol–water partition coefficient (Wildman–Crippen LogP) is 3.37. The van der Waals surface area contributed by atoms with Crippen molar-refractivity contribution in [3.05, 3.63) is 65.4 Å². The van der Waals surface area contributed by atoms with E-state index in [1.165, 1.54) is 0 Å². The predicted molar refractivity (Wildman–Crippen MR) is 80.1 cm³/mol. The number of para-hydroxylation sites is 2. The van der Waals surface area contributed by atoms with Crippen molar-refractivity contribution in [2.45, 2.75) is 0 Å². The SMILES string of the molecule is CN(C)c1ccccc1/C=C1\Oc2ccccc2C1=O. The number of carbonyl (C=O) groups excluding carboxylic acids is 1. The highest BCUT2D eigenvalue weighted by Gasteiger charge is 2.26. The van der Waals surface area contributed by atoms with Crippen LogP contribution in [0.5, 0.6) is 5.75 Å². The number of nitrogens with zero attached hydrogens (tertiary/aromatic N) is 1. The van der Waals surface area contributed by atoms with Gasteiger partial charge in [-0.25, -0.2) is 0 Å². The molecule has 1 aliphatic rings. The molecule has 3 nitrogen and oxygen atoms in total. The summed E-state index contributed by atoms with van der Waals surface area (Å²) in [5.41, 5.74) is 2.64. The van der Waals surface area contributed by atoms with E-state index in [9.17, 15) is 4.79 Å². The number of benzene rings is 2. The van der Waals surface area contributed by atoms with Crippen LogP contribution >= 0.6 is 0 Å². The lowest BCUT2D eigenvalue weighted by molar-refractivity contribution is 0.101. The molecule has 0 radical (unpaired) electrons. The third-order valence-corrected chi connectivity index (χ3v) is 3.28. The average Bonchev–Trinajstić information content (AvgIpc) is 2.76. The number of rotatable bonds is 2. The summed E-state index contributed by atoms with van der Waals surface area (Å²) >= 11 is 0. The number of allylic oxidation sites excluding steroid dienone is 1. The minimum Gasteiger partial charge on any atom is -0.452 e. The summed E-state index contributed by atoms with van der Waals surface area (Å²) in [7, 11) is 3.95. The maximum atomic E-state index is 12.3. The number of ether oxygens (including phenoxy) is 1. The van der Waals surface area contributed by atoms with Crippen molar-refractivity contribution in [3.63, 3.8) is 0 Å². The fraction of sp³-hybridized carbons (Fsp3) is 0.118. The first-order valence-electron chi connectivity index (χ1n) is 6.46. The van der Waals surface area contributed by atoms with Gasteiger partial charge >= 0.3 is 0 Å². The zero-order valence-corrected chi connectivity index (χ0v) is 11.5. The third kappa shape index (κ3) is 2.07. The molecular weight excluding hydrogens is 250 g/mol. The number of fused-ring (bicyclic) bond motifs is 1. The van der Waals surface area contributed by atoms with Crippen LogP contribution in [0, 0.1) is 0 Å². The van der Waals surface area contributed by atoms with Crippen LogP contribution in [0.15, 0.2) is 54.3 Å². The molecule has 100 valence electrons. The van der Waals surface area contributed by atoms with E-state index in [0.717, 1.165) is 11.3 Å². The minimum absolute atomic E-state index is 0.0610. The van der Waals surface area contributed by atoms with Crippen molar-refractivity contribution >= 4 is 17.5 Å². The van der Waals surface area contributed by atoms with Gasteiger partial charge in [-0.1, -0.05) is 30.3 Å². The maximum Gasteiger partial charge on any atom is 0.231 e. The standard InChI is InChI=1S/C17H15NO2/c1-18(2)14-9-5-3-7-12(14)11-16-17(19)13-8-4-6-10-15(13)20-16/h3-11H,1-2H3/b16-11-. The molecule has 0 bridgehead atoms. The van der Waals surface area contributed by atoms with Crippen molar-refractivity contribution in [1.82, 2.24) is 0 Å². The lowest BCUT2D eigenvalue weighted by Gasteiger charge is -2.15. The summed E-state index contributed by atoms with van der Waals surface area (Å²) in [5, 5.41) is 0. The molecule has 0 atom stereocenters. The molecule has 20 heavy (non-hydrogen) atoms. The van der Waals surface area contributed by atoms with E-state index in [1.54, 1.807) is 12.1 Å². The van der Waals surface area contributed by atoms with Gasteiger partial charge in [0.2, 0.25) is 5.78 Å². The van der Waals surface area contributed by atoms with Gasteiger partial charge < -0.3 is 9.64 Å². The fourth-order valence-corrected chi connectivity index (χ4v) is 2.29. The summed E-state index contributed by atoms with van der Waals surface area (Å²) in [6.07, 6.45) is 1.80. The molecule has 0 N–H and O–H groups in total. The number of hydrogen-bond acceptors (Lipinski definition) is 3. The van der Waals surface area contributed by atoms with Gasteiger partial charge in [-0.3, -0.25) is 4.79 Å². The van der Waals surface area contributed by atoms with E-state index in [1.807, 2.05) is 61.5 Å². The molecule has 3 rings (SSSR count). The smallest absolute Gasteiger partial charge is 0.231 e. The number of anilines is 1. The van der Waals surface area contributed by atoms with Crippen molar-refractivity contribution in [2.75, 3.05) is 19.0 Å². The Morgan fingerprint density at radius 3 is 2.45 bits per heavy atom. The summed E-state index contributed by atoms with van der Waals surface area (Å²) in [6.45, 7) is 0. The Morgan fingerprint density at radius 1 is 1.00 bits per heavy atom. The van der Waals surface area contributed by atoms with Gasteiger partial charge in [0.1, 0.15) is 5.75 Å². The van der Waals surface area contributed by atoms with Gasteiger partial charge in [-0.15, -0.1) is 0 Å². The van der Waals surface area contributed by atoms with E-state index < -0.39 is 0 Å². The maximum absolute atomic E-state index is 12.3. The van der Waals surface area contributed by atoms with E-state index in [4.69, 9.17) is 4.74 Å². The Kier molecular flexibility index (Phi) is 3.03. The minimum atomic E-state index is -0.0610. The molecule has 0 unspecified atom stereocenters.